The lowest BCUT2D eigenvalue weighted by atomic mass is 9.87. The van der Waals surface area contributed by atoms with Gasteiger partial charge in [0.25, 0.3) is 0 Å². The molecule has 2 atom stereocenters. The molecule has 1 saturated heterocycles. The van der Waals surface area contributed by atoms with Gasteiger partial charge in [-0.05, 0) is 25.7 Å². The Bertz CT molecular complexity index is 537. The molecule has 1 aromatic heterocycles. The molecule has 1 aliphatic heterocycles. The van der Waals surface area contributed by atoms with Gasteiger partial charge in [0.05, 0.1) is 18.8 Å². The molecular weight excluding hydrogens is 304 g/mol. The van der Waals surface area contributed by atoms with E-state index in [4.69, 9.17) is 4.52 Å². The average Bonchev–Trinajstić information content (AvgIpc) is 2.94. The summed E-state index contributed by atoms with van der Waals surface area (Å²) in [6.45, 7) is 9.36. The second-order valence-electron chi connectivity index (χ2n) is 7.52. The first kappa shape index (κ1) is 17.4. The summed E-state index contributed by atoms with van der Waals surface area (Å²) in [5, 5.41) is 7.17. The van der Waals surface area contributed by atoms with E-state index in [-0.39, 0.29) is 5.91 Å². The van der Waals surface area contributed by atoms with Crippen molar-refractivity contribution in [1.82, 2.24) is 20.3 Å². The minimum atomic E-state index is 0.188. The topological polar surface area (TPSA) is 61.6 Å². The van der Waals surface area contributed by atoms with Crippen LogP contribution in [0.15, 0.2) is 10.6 Å². The highest BCUT2D eigenvalue weighted by Gasteiger charge is 2.23. The number of nitrogens with one attached hydrogen (secondary N) is 1. The second-order valence-corrected chi connectivity index (χ2v) is 7.52. The van der Waals surface area contributed by atoms with E-state index in [1.807, 2.05) is 13.0 Å². The van der Waals surface area contributed by atoms with Crippen LogP contribution in [0.1, 0.15) is 44.1 Å². The Hall–Kier alpha value is -1.40. The fourth-order valence-corrected chi connectivity index (χ4v) is 3.86. The van der Waals surface area contributed by atoms with Gasteiger partial charge in [-0.1, -0.05) is 24.9 Å². The molecule has 3 rings (SSSR count). The quantitative estimate of drug-likeness (QED) is 0.890. The number of carbonyl (C=O) groups is 1. The smallest absolute Gasteiger partial charge is 0.234 e. The summed E-state index contributed by atoms with van der Waals surface area (Å²) in [6.07, 6.45) is 4.82. The zero-order valence-electron chi connectivity index (χ0n) is 15.0. The van der Waals surface area contributed by atoms with E-state index in [2.05, 4.69) is 27.2 Å². The maximum absolute atomic E-state index is 12.3. The SMILES string of the molecule is Cc1cc(CN2CCN(CC(=O)NC3CCCC(C)C3)CC2)on1. The highest BCUT2D eigenvalue weighted by Crippen LogP contribution is 2.23. The average molecular weight is 334 g/mol. The van der Waals surface area contributed by atoms with Crippen LogP contribution in [0.4, 0.5) is 0 Å². The van der Waals surface area contributed by atoms with Crippen molar-refractivity contribution in [3.8, 4) is 0 Å². The standard InChI is InChI=1S/C18H30N4O2/c1-14-4-3-5-16(10-14)19-18(23)13-22-8-6-21(7-9-22)12-17-11-15(2)20-24-17/h11,14,16H,3-10,12-13H2,1-2H3,(H,19,23). The molecule has 1 aliphatic carbocycles. The molecule has 0 radical (unpaired) electrons. The van der Waals surface area contributed by atoms with Gasteiger partial charge >= 0.3 is 0 Å². The van der Waals surface area contributed by atoms with Gasteiger partial charge in [-0.15, -0.1) is 0 Å². The molecule has 2 aliphatic rings. The van der Waals surface area contributed by atoms with Gasteiger partial charge < -0.3 is 9.84 Å². The van der Waals surface area contributed by atoms with E-state index in [1.165, 1.54) is 12.8 Å². The Balaban J connectivity index is 1.36. The predicted molar refractivity (Wildman–Crippen MR) is 92.5 cm³/mol. The summed E-state index contributed by atoms with van der Waals surface area (Å²) in [5.41, 5.74) is 0.928. The largest absolute Gasteiger partial charge is 0.360 e. The van der Waals surface area contributed by atoms with Crippen molar-refractivity contribution in [1.29, 1.82) is 0 Å². The highest BCUT2D eigenvalue weighted by molar-refractivity contribution is 5.78. The van der Waals surface area contributed by atoms with Crippen LogP contribution in [0.5, 0.6) is 0 Å². The van der Waals surface area contributed by atoms with E-state index in [1.54, 1.807) is 0 Å². The zero-order chi connectivity index (χ0) is 16.9. The third-order valence-electron chi connectivity index (χ3n) is 5.19. The third kappa shape index (κ3) is 5.05. The lowest BCUT2D eigenvalue weighted by molar-refractivity contribution is -0.123. The van der Waals surface area contributed by atoms with Gasteiger partial charge in [0.15, 0.2) is 5.76 Å². The van der Waals surface area contributed by atoms with Crippen molar-refractivity contribution in [3.05, 3.63) is 17.5 Å². The van der Waals surface area contributed by atoms with Crippen LogP contribution in [0.2, 0.25) is 0 Å². The van der Waals surface area contributed by atoms with Crippen molar-refractivity contribution in [3.63, 3.8) is 0 Å². The van der Waals surface area contributed by atoms with Gasteiger partial charge in [-0.3, -0.25) is 14.6 Å². The fourth-order valence-electron chi connectivity index (χ4n) is 3.86. The molecule has 1 saturated carbocycles. The minimum Gasteiger partial charge on any atom is -0.360 e. The molecule has 24 heavy (non-hydrogen) atoms. The highest BCUT2D eigenvalue weighted by atomic mass is 16.5. The molecular formula is C18H30N4O2. The van der Waals surface area contributed by atoms with E-state index >= 15 is 0 Å². The Morgan fingerprint density at radius 3 is 2.71 bits per heavy atom. The molecule has 1 amide bonds. The number of amides is 1. The lowest BCUT2D eigenvalue weighted by Gasteiger charge is -2.34. The van der Waals surface area contributed by atoms with Crippen LogP contribution in [-0.2, 0) is 11.3 Å². The van der Waals surface area contributed by atoms with Crippen LogP contribution in [-0.4, -0.2) is 59.6 Å². The molecule has 0 aromatic carbocycles. The number of hydrogen-bond donors (Lipinski definition) is 1. The molecule has 6 heteroatoms. The Kier molecular flexibility index (Phi) is 5.89. The van der Waals surface area contributed by atoms with Crippen LogP contribution < -0.4 is 5.32 Å². The first-order valence-corrected chi connectivity index (χ1v) is 9.25. The summed E-state index contributed by atoms with van der Waals surface area (Å²) in [4.78, 5) is 16.9. The Morgan fingerprint density at radius 1 is 1.29 bits per heavy atom. The number of carbonyl (C=O) groups excluding carboxylic acids is 1. The van der Waals surface area contributed by atoms with E-state index in [0.29, 0.717) is 12.6 Å². The predicted octanol–water partition coefficient (Wildman–Crippen LogP) is 1.80. The van der Waals surface area contributed by atoms with E-state index in [0.717, 1.165) is 62.9 Å². The van der Waals surface area contributed by atoms with Gasteiger partial charge in [-0.25, -0.2) is 0 Å². The molecule has 0 bridgehead atoms. The molecule has 2 heterocycles. The van der Waals surface area contributed by atoms with Crippen molar-refractivity contribution < 1.29 is 9.32 Å². The first-order chi connectivity index (χ1) is 11.6. The number of piperazine rings is 1. The van der Waals surface area contributed by atoms with Crippen LogP contribution >= 0.6 is 0 Å². The molecule has 0 spiro atoms. The normalized spacial score (nSPS) is 26.4. The van der Waals surface area contributed by atoms with E-state index in [9.17, 15) is 4.79 Å². The maximum Gasteiger partial charge on any atom is 0.234 e. The number of aryl methyl sites for hydroxylation is 1. The van der Waals surface area contributed by atoms with Crippen LogP contribution in [0, 0.1) is 12.8 Å². The number of aromatic nitrogens is 1. The summed E-state index contributed by atoms with van der Waals surface area (Å²) in [7, 11) is 0. The molecule has 2 unspecified atom stereocenters. The first-order valence-electron chi connectivity index (χ1n) is 9.25. The molecule has 1 N–H and O–H groups in total. The number of nitrogens with zero attached hydrogens (tertiary/aromatic N) is 3. The van der Waals surface area contributed by atoms with Gasteiger partial charge in [-0.2, -0.15) is 0 Å². The van der Waals surface area contributed by atoms with Crippen LogP contribution in [0.25, 0.3) is 0 Å². The van der Waals surface area contributed by atoms with Gasteiger partial charge in [0.2, 0.25) is 5.91 Å². The Labute approximate surface area is 144 Å². The van der Waals surface area contributed by atoms with Gasteiger partial charge in [0.1, 0.15) is 0 Å². The van der Waals surface area contributed by atoms with Crippen molar-refractivity contribution in [2.75, 3.05) is 32.7 Å². The molecule has 6 nitrogen and oxygen atoms in total. The summed E-state index contributed by atoms with van der Waals surface area (Å²) < 4.78 is 5.28. The molecule has 2 fully saturated rings. The monoisotopic (exact) mass is 334 g/mol. The summed E-state index contributed by atoms with van der Waals surface area (Å²) >= 11 is 0. The number of rotatable bonds is 5. The summed E-state index contributed by atoms with van der Waals surface area (Å²) in [6, 6.07) is 2.38. The maximum atomic E-state index is 12.3. The minimum absolute atomic E-state index is 0.188. The van der Waals surface area contributed by atoms with Crippen LogP contribution in [0.3, 0.4) is 0 Å². The fraction of sp³-hybridized carbons (Fsp3) is 0.778. The molecule has 134 valence electrons. The molecule has 1 aromatic rings. The number of hydrogen-bond acceptors (Lipinski definition) is 5. The Morgan fingerprint density at radius 2 is 2.04 bits per heavy atom. The van der Waals surface area contributed by atoms with E-state index < -0.39 is 0 Å². The van der Waals surface area contributed by atoms with Crippen molar-refractivity contribution in [2.45, 2.75) is 52.1 Å². The lowest BCUT2D eigenvalue weighted by Crippen LogP contribution is -2.50. The van der Waals surface area contributed by atoms with Crippen molar-refractivity contribution in [2.24, 2.45) is 5.92 Å². The van der Waals surface area contributed by atoms with Gasteiger partial charge in [0, 0.05) is 38.3 Å². The zero-order valence-corrected chi connectivity index (χ0v) is 15.0. The van der Waals surface area contributed by atoms with Crippen molar-refractivity contribution >= 4 is 5.91 Å². The third-order valence-corrected chi connectivity index (χ3v) is 5.19. The second kappa shape index (κ2) is 8.12. The summed E-state index contributed by atoms with van der Waals surface area (Å²) in [5.74, 6) is 1.85.